The lowest BCUT2D eigenvalue weighted by molar-refractivity contribution is 0.112. The van der Waals surface area contributed by atoms with Crippen molar-refractivity contribution >= 4 is 52.7 Å². The van der Waals surface area contributed by atoms with Gasteiger partial charge in [0.1, 0.15) is 40.8 Å². The summed E-state index contributed by atoms with van der Waals surface area (Å²) < 4.78 is 39.6. The van der Waals surface area contributed by atoms with Crippen LogP contribution in [0.3, 0.4) is 0 Å². The fourth-order valence-corrected chi connectivity index (χ4v) is 10.3. The number of aromatic nitrogens is 4. The van der Waals surface area contributed by atoms with Gasteiger partial charge < -0.3 is 38.4 Å². The van der Waals surface area contributed by atoms with Gasteiger partial charge in [0.25, 0.3) is 0 Å². The Hall–Kier alpha value is -8.05. The van der Waals surface area contributed by atoms with E-state index in [4.69, 9.17) is 38.4 Å². The number of hydrogen-bond donors (Lipinski definition) is 2. The van der Waals surface area contributed by atoms with E-state index in [0.717, 1.165) is 169 Å². The fraction of sp³-hybridized carbons (Fsp3) is 0.400. The third-order valence-electron chi connectivity index (χ3n) is 15.4. The Labute approximate surface area is 510 Å². The first-order valence-corrected chi connectivity index (χ1v) is 31.4. The summed E-state index contributed by atoms with van der Waals surface area (Å²) in [5, 5.41) is 0. The minimum absolute atomic E-state index is 0.468. The van der Waals surface area contributed by atoms with E-state index in [0.29, 0.717) is 80.7 Å². The molecule has 7 aromatic rings. The molecule has 86 heavy (non-hydrogen) atoms. The molecule has 0 saturated carbocycles. The number of carbonyl (C=O) groups excluding carboxylic acids is 1. The average Bonchev–Trinajstić information content (AvgIpc) is 2.10. The van der Waals surface area contributed by atoms with Gasteiger partial charge in [-0.25, -0.2) is 9.97 Å². The van der Waals surface area contributed by atoms with Crippen LogP contribution in [-0.4, -0.2) is 65.9 Å². The Bertz CT molecular complexity index is 3500. The summed E-state index contributed by atoms with van der Waals surface area (Å²) in [5.41, 5.74) is 13.8. The molecular formula is C75H90N4O7. The highest BCUT2D eigenvalue weighted by Crippen LogP contribution is 2.43. The summed E-state index contributed by atoms with van der Waals surface area (Å²) >= 11 is 0. The monoisotopic (exact) mass is 1160 g/mol. The number of fused-ring (bicyclic) bond motifs is 8. The summed E-state index contributed by atoms with van der Waals surface area (Å²) in [4.78, 5) is 31.3. The highest BCUT2D eigenvalue weighted by Gasteiger charge is 2.22. The summed E-state index contributed by atoms with van der Waals surface area (Å²) in [6.45, 7) is 29.9. The van der Waals surface area contributed by atoms with E-state index in [-0.39, 0.29) is 0 Å². The molecule has 0 fully saturated rings. The maximum absolute atomic E-state index is 12.1. The number of carbonyl (C=O) groups is 1. The maximum Gasteiger partial charge on any atom is 0.150 e. The first-order chi connectivity index (χ1) is 41.5. The summed E-state index contributed by atoms with van der Waals surface area (Å²) in [7, 11) is 0. The Balaban J connectivity index is 1.40. The lowest BCUT2D eigenvalue weighted by atomic mass is 10.0. The molecule has 2 aliphatic heterocycles. The van der Waals surface area contributed by atoms with E-state index in [2.05, 4.69) is 178 Å². The van der Waals surface area contributed by atoms with E-state index in [1.165, 1.54) is 0 Å². The van der Waals surface area contributed by atoms with E-state index in [9.17, 15) is 4.79 Å². The van der Waals surface area contributed by atoms with Crippen molar-refractivity contribution in [3.05, 3.63) is 131 Å². The number of hydrogen-bond acceptors (Lipinski definition) is 9. The topological polar surface area (TPSA) is 130 Å². The molecule has 452 valence electrons. The Morgan fingerprint density at radius 1 is 0.326 bits per heavy atom. The zero-order chi connectivity index (χ0) is 60.9. The maximum atomic E-state index is 12.1. The third kappa shape index (κ3) is 16.7. The number of ether oxygens (including phenoxy) is 6. The van der Waals surface area contributed by atoms with Crippen molar-refractivity contribution in [1.29, 1.82) is 0 Å². The van der Waals surface area contributed by atoms with Crippen LogP contribution in [-0.2, 0) is 0 Å². The quantitative estimate of drug-likeness (QED) is 0.0440. The molecule has 2 aliphatic rings. The van der Waals surface area contributed by atoms with Crippen LogP contribution in [0.4, 0.5) is 0 Å². The van der Waals surface area contributed by atoms with Crippen LogP contribution in [0.15, 0.2) is 103 Å². The molecule has 11 nitrogen and oxygen atoms in total. The number of aldehydes is 1. The Morgan fingerprint density at radius 2 is 0.558 bits per heavy atom. The van der Waals surface area contributed by atoms with Crippen LogP contribution in [0.1, 0.15) is 155 Å². The highest BCUT2D eigenvalue weighted by molar-refractivity contribution is 6.00. The SMILES string of the molecule is CC(C)CCOc1cc(OCCC(C)C)cc(-c2c3nc(c(-c4cc(OCCC(C)C)cc(OCCC(C)C)c4)c4ccc([nH]4)c(-c4cc(OCCC(C)C)cc(OCCC(C)C)c4)c4nc(c(-c5ccc(C=O)cc5)c5ccc2[nH]5)C=C4)C=C3)c1. The molecule has 0 unspecified atom stereocenters. The molecule has 0 atom stereocenters. The number of aromatic amines is 2. The zero-order valence-corrected chi connectivity index (χ0v) is 52.9. The average molecular weight is 1160 g/mol. The van der Waals surface area contributed by atoms with Gasteiger partial charge >= 0.3 is 0 Å². The van der Waals surface area contributed by atoms with Gasteiger partial charge in [-0.05, 0) is 181 Å². The molecule has 8 bridgehead atoms. The number of nitrogens with zero attached hydrogens (tertiary/aromatic N) is 2. The molecule has 0 aliphatic carbocycles. The first-order valence-electron chi connectivity index (χ1n) is 31.4. The molecule has 0 spiro atoms. The second kappa shape index (κ2) is 29.4. The second-order valence-electron chi connectivity index (χ2n) is 25.5. The largest absolute Gasteiger partial charge is 0.493 e. The van der Waals surface area contributed by atoms with E-state index in [1.54, 1.807) is 0 Å². The van der Waals surface area contributed by atoms with Crippen molar-refractivity contribution in [3.8, 4) is 79.0 Å². The van der Waals surface area contributed by atoms with E-state index < -0.39 is 0 Å². The van der Waals surface area contributed by atoms with Crippen molar-refractivity contribution in [1.82, 2.24) is 19.9 Å². The summed E-state index contributed by atoms with van der Waals surface area (Å²) in [5.74, 6) is 7.13. The number of benzene rings is 4. The number of nitrogens with one attached hydrogen (secondary N) is 2. The molecule has 11 heteroatoms. The lowest BCUT2D eigenvalue weighted by Crippen LogP contribution is -2.04. The zero-order valence-electron chi connectivity index (χ0n) is 52.9. The molecule has 3 aromatic heterocycles. The van der Waals surface area contributed by atoms with Crippen LogP contribution in [0.25, 0.3) is 90.9 Å². The Morgan fingerprint density at radius 3 is 0.779 bits per heavy atom. The van der Waals surface area contributed by atoms with Crippen LogP contribution >= 0.6 is 0 Å². The lowest BCUT2D eigenvalue weighted by Gasteiger charge is -2.15. The molecule has 0 amide bonds. The third-order valence-corrected chi connectivity index (χ3v) is 15.4. The molecule has 4 aromatic carbocycles. The van der Waals surface area contributed by atoms with E-state index >= 15 is 0 Å². The van der Waals surface area contributed by atoms with Gasteiger partial charge in [-0.3, -0.25) is 4.79 Å². The van der Waals surface area contributed by atoms with E-state index in [1.807, 2.05) is 42.5 Å². The van der Waals surface area contributed by atoms with Crippen LogP contribution in [0, 0.1) is 35.5 Å². The van der Waals surface area contributed by atoms with Gasteiger partial charge in [0.2, 0.25) is 0 Å². The molecule has 9 rings (SSSR count). The van der Waals surface area contributed by atoms with Crippen molar-refractivity contribution in [2.24, 2.45) is 35.5 Å². The van der Waals surface area contributed by atoms with Crippen molar-refractivity contribution in [2.45, 2.75) is 122 Å². The standard InChI is InChI=1S/C75H90N4O7/c1-47(2)25-31-81-58-37-55(38-59(43-58)82-32-26-48(3)4)73-66-19-17-64(76-66)72(54-15-13-53(46-80)14-16-54)65-18-20-67(77-65)74(56-39-60(83-33-27-49(5)6)44-61(40-56)84-34-28-50(7)8)69-22-24-71(79-69)75(70-23-21-68(73)78-70)57-41-62(85-35-29-51(9)10)45-63(42-57)86-36-30-52(11)12/h13-24,37-52,76,79H,25-36H2,1-12H3. The van der Waals surface area contributed by atoms with Crippen molar-refractivity contribution in [3.63, 3.8) is 0 Å². The van der Waals surface area contributed by atoms with Crippen molar-refractivity contribution < 1.29 is 33.2 Å². The van der Waals surface area contributed by atoms with Crippen LogP contribution < -0.4 is 28.4 Å². The normalized spacial score (nSPS) is 12.2. The summed E-state index contributed by atoms with van der Waals surface area (Å²) in [6.07, 6.45) is 14.7. The minimum atomic E-state index is 0.468. The van der Waals surface area contributed by atoms with Crippen LogP contribution in [0.5, 0.6) is 34.5 Å². The van der Waals surface area contributed by atoms with Gasteiger partial charge in [-0.2, -0.15) is 0 Å². The highest BCUT2D eigenvalue weighted by atomic mass is 16.5. The van der Waals surface area contributed by atoms with Gasteiger partial charge in [0.15, 0.2) is 0 Å². The van der Waals surface area contributed by atoms with Gasteiger partial charge in [0, 0.05) is 68.1 Å². The smallest absolute Gasteiger partial charge is 0.150 e. The van der Waals surface area contributed by atoms with Gasteiger partial charge in [-0.15, -0.1) is 0 Å². The van der Waals surface area contributed by atoms with Gasteiger partial charge in [0.05, 0.1) is 62.4 Å². The fourth-order valence-electron chi connectivity index (χ4n) is 10.3. The molecule has 2 N–H and O–H groups in total. The predicted molar refractivity (Wildman–Crippen MR) is 356 cm³/mol. The first kappa shape index (κ1) is 62.5. The number of H-pyrrole nitrogens is 2. The van der Waals surface area contributed by atoms with Crippen molar-refractivity contribution in [2.75, 3.05) is 39.6 Å². The number of rotatable bonds is 29. The summed E-state index contributed by atoms with van der Waals surface area (Å²) in [6, 6.07) is 34.9. The molecular weight excluding hydrogens is 1070 g/mol. The molecule has 5 heterocycles. The second-order valence-corrected chi connectivity index (χ2v) is 25.5. The molecule has 0 radical (unpaired) electrons. The predicted octanol–water partition coefficient (Wildman–Crippen LogP) is 19.7. The molecule has 0 saturated heterocycles. The van der Waals surface area contributed by atoms with Crippen LogP contribution in [0.2, 0.25) is 0 Å². The minimum Gasteiger partial charge on any atom is -0.493 e. The van der Waals surface area contributed by atoms with Gasteiger partial charge in [-0.1, -0.05) is 107 Å². The Kier molecular flexibility index (Phi) is 21.3.